The number of ether oxygens (including phenoxy) is 1. The molecule has 0 spiro atoms. The summed E-state index contributed by atoms with van der Waals surface area (Å²) in [5, 5.41) is 10.1. The molecule has 3 heterocycles. The number of aliphatic hydroxyl groups is 1. The number of aliphatic hydroxyl groups excluding tert-OH is 1. The van der Waals surface area contributed by atoms with Gasteiger partial charge in [0.15, 0.2) is 0 Å². The van der Waals surface area contributed by atoms with Gasteiger partial charge in [0.25, 0.3) is 5.56 Å². The summed E-state index contributed by atoms with van der Waals surface area (Å²) in [7, 11) is -15.4. The Bertz CT molecular complexity index is 1000. The lowest BCUT2D eigenvalue weighted by Crippen LogP contribution is -2.33. The molecule has 28 heavy (non-hydrogen) atoms. The van der Waals surface area contributed by atoms with Crippen LogP contribution < -0.4 is 11.2 Å². The number of aromatic amines is 1. The molecule has 3 rings (SSSR count). The number of nitrogens with zero attached hydrogens (tertiary/aromatic N) is 1. The number of aryl methyl sites for hydroxylation is 1. The number of aromatic nitrogens is 2. The third-order valence-corrected chi connectivity index (χ3v) is 9.04. The second kappa shape index (κ2) is 7.38. The van der Waals surface area contributed by atoms with Crippen LogP contribution in [0.15, 0.2) is 15.8 Å². The van der Waals surface area contributed by atoms with Gasteiger partial charge in [-0.25, -0.2) is 18.5 Å². The van der Waals surface area contributed by atoms with E-state index in [0.29, 0.717) is 0 Å². The molecule has 5 unspecified atom stereocenters. The normalized spacial score (nSPS) is 41.2. The van der Waals surface area contributed by atoms with Crippen LogP contribution in [0.2, 0.25) is 0 Å². The number of rotatable bonds is 4. The summed E-state index contributed by atoms with van der Waals surface area (Å²) in [6.45, 7) is 0.693. The summed E-state index contributed by atoms with van der Waals surface area (Å²) >= 11 is 0. The van der Waals surface area contributed by atoms with Gasteiger partial charge in [-0.15, -0.1) is 0 Å². The molecule has 2 saturated heterocycles. The maximum absolute atomic E-state index is 12.2. The van der Waals surface area contributed by atoms with Crippen LogP contribution in [0.4, 0.5) is 0 Å². The highest BCUT2D eigenvalue weighted by molar-refractivity contribution is 7.74. The van der Waals surface area contributed by atoms with Crippen LogP contribution in [0.5, 0.6) is 0 Å². The van der Waals surface area contributed by atoms with Gasteiger partial charge in [-0.3, -0.25) is 18.9 Å². The Kier molecular flexibility index (Phi) is 5.74. The molecule has 158 valence electrons. The molecule has 2 fully saturated rings. The average molecular weight is 464 g/mol. The fourth-order valence-electron chi connectivity index (χ4n) is 2.48. The average Bonchev–Trinajstić information content (AvgIpc) is 2.86. The van der Waals surface area contributed by atoms with E-state index in [1.807, 2.05) is 0 Å². The Hall–Kier alpha value is -0.950. The fourth-order valence-corrected chi connectivity index (χ4v) is 7.41. The van der Waals surface area contributed by atoms with E-state index in [4.69, 9.17) is 14.5 Å². The van der Waals surface area contributed by atoms with Crippen molar-refractivity contribution in [1.82, 2.24) is 9.55 Å². The second-order valence-electron chi connectivity index (χ2n) is 5.84. The topological polar surface area (TPSA) is 213 Å². The third-order valence-electron chi connectivity index (χ3n) is 3.67. The Morgan fingerprint density at radius 2 is 1.82 bits per heavy atom. The monoisotopic (exact) mass is 464 g/mol. The lowest BCUT2D eigenvalue weighted by Gasteiger charge is -2.27. The van der Waals surface area contributed by atoms with Crippen molar-refractivity contribution in [1.29, 1.82) is 0 Å². The molecular weight excluding hydrogens is 449 g/mol. The third kappa shape index (κ3) is 4.78. The van der Waals surface area contributed by atoms with E-state index in [2.05, 4.69) is 22.4 Å². The van der Waals surface area contributed by atoms with Crippen LogP contribution in [0.3, 0.4) is 0 Å². The van der Waals surface area contributed by atoms with Gasteiger partial charge in [0.1, 0.15) is 12.3 Å². The molecule has 0 amide bonds. The zero-order chi connectivity index (χ0) is 20.9. The second-order valence-corrected chi connectivity index (χ2v) is 10.8. The largest absolute Gasteiger partial charge is 0.492 e. The number of phosphoric acid groups is 3. The van der Waals surface area contributed by atoms with Gasteiger partial charge in [0, 0.05) is 18.2 Å². The first kappa shape index (κ1) is 21.8. The molecule has 1 aromatic rings. The summed E-state index contributed by atoms with van der Waals surface area (Å²) in [6, 6.07) is 0. The first-order chi connectivity index (χ1) is 12.8. The maximum Gasteiger partial charge on any atom is 0.492 e. The number of hydrogen-bond donors (Lipinski definition) is 4. The Labute approximate surface area is 155 Å². The van der Waals surface area contributed by atoms with Crippen LogP contribution in [0.25, 0.3) is 0 Å². The lowest BCUT2D eigenvalue weighted by atomic mass is 10.2. The van der Waals surface area contributed by atoms with Crippen molar-refractivity contribution in [2.75, 3.05) is 6.61 Å². The molecule has 18 heteroatoms. The Morgan fingerprint density at radius 3 is 2.43 bits per heavy atom. The number of nitrogens with one attached hydrogen (secondary N) is 1. The van der Waals surface area contributed by atoms with Crippen molar-refractivity contribution in [3.63, 3.8) is 0 Å². The van der Waals surface area contributed by atoms with Gasteiger partial charge < -0.3 is 19.6 Å². The molecule has 4 N–H and O–H groups in total. The van der Waals surface area contributed by atoms with Gasteiger partial charge in [-0.1, -0.05) is 0 Å². The van der Waals surface area contributed by atoms with Crippen molar-refractivity contribution in [3.05, 3.63) is 32.6 Å². The molecule has 2 aliphatic rings. The first-order valence-corrected chi connectivity index (χ1v) is 11.9. The Morgan fingerprint density at radius 1 is 1.21 bits per heavy atom. The minimum atomic E-state index is -5.19. The molecule has 0 radical (unpaired) electrons. The summed E-state index contributed by atoms with van der Waals surface area (Å²) in [4.78, 5) is 43.7. The summed E-state index contributed by atoms with van der Waals surface area (Å²) in [5.41, 5.74) is -1.17. The standard InChI is InChI=1S/C10H15N2O13P3/c1-5-3-12(10(15)11-9(5)14)8-2-6(13)7(22-8)4-21-28(20)24-26(16,17)23-27(18,19)25-28/h3,6-8,13H,2,4H2,1H3,(H,16,17)(H,18,19)(H,11,14,15). The molecule has 0 aromatic carbocycles. The molecule has 2 aliphatic heterocycles. The van der Waals surface area contributed by atoms with Crippen molar-refractivity contribution in [3.8, 4) is 0 Å². The summed E-state index contributed by atoms with van der Waals surface area (Å²) in [6.07, 6.45) is -2.39. The lowest BCUT2D eigenvalue weighted by molar-refractivity contribution is -0.0455. The van der Waals surface area contributed by atoms with E-state index in [1.165, 1.54) is 13.1 Å². The van der Waals surface area contributed by atoms with E-state index in [-0.39, 0.29) is 12.0 Å². The number of hydrogen-bond acceptors (Lipinski definition) is 11. The van der Waals surface area contributed by atoms with Gasteiger partial charge in [-0.05, 0) is 6.92 Å². The minimum Gasteiger partial charge on any atom is -0.390 e. The molecule has 0 aliphatic carbocycles. The first-order valence-electron chi connectivity index (χ1n) is 7.49. The van der Waals surface area contributed by atoms with Crippen LogP contribution in [-0.4, -0.2) is 43.3 Å². The fraction of sp³-hybridized carbons (Fsp3) is 0.600. The highest BCUT2D eigenvalue weighted by Gasteiger charge is 2.54. The van der Waals surface area contributed by atoms with E-state index >= 15 is 0 Å². The van der Waals surface area contributed by atoms with E-state index in [9.17, 15) is 28.4 Å². The van der Waals surface area contributed by atoms with Crippen molar-refractivity contribution >= 4 is 23.5 Å². The van der Waals surface area contributed by atoms with Crippen molar-refractivity contribution in [2.45, 2.75) is 31.8 Å². The van der Waals surface area contributed by atoms with Crippen LogP contribution in [0.1, 0.15) is 18.2 Å². The van der Waals surface area contributed by atoms with Crippen LogP contribution >= 0.6 is 23.5 Å². The van der Waals surface area contributed by atoms with E-state index < -0.39 is 59.8 Å². The maximum atomic E-state index is 12.2. The quantitative estimate of drug-likeness (QED) is 0.429. The highest BCUT2D eigenvalue weighted by Crippen LogP contribution is 2.80. The smallest absolute Gasteiger partial charge is 0.390 e. The van der Waals surface area contributed by atoms with Gasteiger partial charge >= 0.3 is 29.2 Å². The minimum absolute atomic E-state index is 0.120. The SMILES string of the molecule is Cc1cn(C2CC(O)C(COP3(=O)OP(=O)(O)OP(=O)(O)O3)O2)c(=O)[nH]c1=O. The van der Waals surface area contributed by atoms with Crippen molar-refractivity contribution in [2.24, 2.45) is 0 Å². The van der Waals surface area contributed by atoms with Crippen LogP contribution in [0, 0.1) is 6.92 Å². The van der Waals surface area contributed by atoms with Gasteiger partial charge in [-0.2, -0.15) is 12.9 Å². The molecule has 1 aromatic heterocycles. The van der Waals surface area contributed by atoms with E-state index in [0.717, 1.165) is 4.57 Å². The molecule has 5 atom stereocenters. The highest BCUT2D eigenvalue weighted by atomic mass is 31.3. The van der Waals surface area contributed by atoms with Crippen molar-refractivity contribution < 1.29 is 50.8 Å². The molecule has 0 saturated carbocycles. The molecular formula is C10H15N2O13P3. The number of H-pyrrole nitrogens is 1. The van der Waals surface area contributed by atoms with E-state index in [1.54, 1.807) is 0 Å². The summed E-state index contributed by atoms with van der Waals surface area (Å²) < 4.78 is 57.9. The summed E-state index contributed by atoms with van der Waals surface area (Å²) in [5.74, 6) is 0. The van der Waals surface area contributed by atoms with Gasteiger partial charge in [0.2, 0.25) is 0 Å². The molecule has 15 nitrogen and oxygen atoms in total. The van der Waals surface area contributed by atoms with Crippen LogP contribution in [-0.2, 0) is 35.9 Å². The molecule has 0 bridgehead atoms. The zero-order valence-corrected chi connectivity index (χ0v) is 16.6. The zero-order valence-electron chi connectivity index (χ0n) is 13.9. The predicted molar refractivity (Wildman–Crippen MR) is 87.1 cm³/mol. The predicted octanol–water partition coefficient (Wildman–Crippen LogP) is -0.118. The van der Waals surface area contributed by atoms with Gasteiger partial charge in [0.05, 0.1) is 12.7 Å². The Balaban J connectivity index is 1.71.